The molecule has 0 spiro atoms. The second-order valence-electron chi connectivity index (χ2n) is 4.93. The largest absolute Gasteiger partial charge is 0.341 e. The molecule has 0 fully saturated rings. The van der Waals surface area contributed by atoms with E-state index in [0.29, 0.717) is 5.56 Å². The molecule has 0 aliphatic rings. The Morgan fingerprint density at radius 2 is 1.80 bits per heavy atom. The molecule has 102 valence electrons. The van der Waals surface area contributed by atoms with Gasteiger partial charge in [0.05, 0.1) is 16.9 Å². The molecule has 0 bridgehead atoms. The van der Waals surface area contributed by atoms with Crippen LogP contribution in [0.5, 0.6) is 0 Å². The van der Waals surface area contributed by atoms with E-state index in [0.717, 1.165) is 29.3 Å². The van der Waals surface area contributed by atoms with Crippen LogP contribution in [0.2, 0.25) is 0 Å². The van der Waals surface area contributed by atoms with E-state index in [4.69, 9.17) is 0 Å². The van der Waals surface area contributed by atoms with Gasteiger partial charge in [0.15, 0.2) is 0 Å². The molecule has 20 heavy (non-hydrogen) atoms. The van der Waals surface area contributed by atoms with E-state index >= 15 is 0 Å². The van der Waals surface area contributed by atoms with Gasteiger partial charge in [-0.15, -0.1) is 0 Å². The van der Waals surface area contributed by atoms with Crippen LogP contribution in [-0.2, 0) is 0 Å². The Balaban J connectivity index is 2.58. The lowest BCUT2D eigenvalue weighted by Crippen LogP contribution is -2.18. The van der Waals surface area contributed by atoms with Gasteiger partial charge in [0, 0.05) is 17.9 Å². The Hall–Kier alpha value is -2.34. The minimum atomic E-state index is 0.651. The van der Waals surface area contributed by atoms with Gasteiger partial charge in [-0.1, -0.05) is 17.7 Å². The number of hydrogen-bond acceptors (Lipinski definition) is 3. The van der Waals surface area contributed by atoms with Crippen molar-refractivity contribution in [3.05, 3.63) is 52.8 Å². The first kappa shape index (κ1) is 14.1. The van der Waals surface area contributed by atoms with E-state index in [1.807, 2.05) is 19.9 Å². The van der Waals surface area contributed by atoms with Crippen LogP contribution in [0, 0.1) is 32.1 Å². The summed E-state index contributed by atoms with van der Waals surface area (Å²) in [4.78, 5) is 6.53. The first-order chi connectivity index (χ1) is 9.56. The highest BCUT2D eigenvalue weighted by Gasteiger charge is 2.15. The van der Waals surface area contributed by atoms with Gasteiger partial charge in [-0.3, -0.25) is 4.98 Å². The number of nitriles is 1. The molecule has 2 rings (SSSR count). The summed E-state index contributed by atoms with van der Waals surface area (Å²) in [6.45, 7) is 8.81. The van der Waals surface area contributed by atoms with Crippen molar-refractivity contribution in [3.63, 3.8) is 0 Å². The minimum absolute atomic E-state index is 0.651. The third-order valence-corrected chi connectivity index (χ3v) is 3.37. The normalized spacial score (nSPS) is 10.2. The van der Waals surface area contributed by atoms with Gasteiger partial charge < -0.3 is 4.90 Å². The van der Waals surface area contributed by atoms with Crippen LogP contribution in [-0.4, -0.2) is 11.5 Å². The van der Waals surface area contributed by atoms with E-state index in [2.05, 4.69) is 54.1 Å². The molecule has 3 heteroatoms. The molecule has 0 saturated heterocycles. The number of pyridine rings is 1. The first-order valence-corrected chi connectivity index (χ1v) is 6.79. The summed E-state index contributed by atoms with van der Waals surface area (Å²) in [7, 11) is 0. The van der Waals surface area contributed by atoms with Gasteiger partial charge in [-0.2, -0.15) is 5.26 Å². The molecule has 0 aliphatic carbocycles. The Morgan fingerprint density at radius 3 is 2.35 bits per heavy atom. The standard InChI is InChI=1S/C17H19N3/c1-5-20(15-8-6-12(2)7-9-15)17-10-13(3)19-14(4)16(17)11-18/h6-10H,5H2,1-4H3. The zero-order valence-electron chi connectivity index (χ0n) is 12.4. The molecule has 3 nitrogen and oxygen atoms in total. The summed E-state index contributed by atoms with van der Waals surface area (Å²) >= 11 is 0. The van der Waals surface area contributed by atoms with Crippen LogP contribution in [0.1, 0.15) is 29.4 Å². The Kier molecular flexibility index (Phi) is 4.05. The van der Waals surface area contributed by atoms with Crippen LogP contribution in [0.3, 0.4) is 0 Å². The molecule has 1 aromatic carbocycles. The maximum Gasteiger partial charge on any atom is 0.103 e. The Morgan fingerprint density at radius 1 is 1.15 bits per heavy atom. The van der Waals surface area contributed by atoms with Crippen LogP contribution < -0.4 is 4.90 Å². The lowest BCUT2D eigenvalue weighted by Gasteiger charge is -2.25. The highest BCUT2D eigenvalue weighted by atomic mass is 15.1. The summed E-state index contributed by atoms with van der Waals surface area (Å²) in [5.74, 6) is 0. The lowest BCUT2D eigenvalue weighted by molar-refractivity contribution is 0.997. The third-order valence-electron chi connectivity index (χ3n) is 3.37. The average molecular weight is 265 g/mol. The molecule has 0 atom stereocenters. The monoisotopic (exact) mass is 265 g/mol. The summed E-state index contributed by atoms with van der Waals surface area (Å²) in [5.41, 5.74) is 5.63. The van der Waals surface area contributed by atoms with Crippen molar-refractivity contribution < 1.29 is 0 Å². The molecule has 0 saturated carbocycles. The van der Waals surface area contributed by atoms with Gasteiger partial charge in [-0.05, 0) is 45.9 Å². The van der Waals surface area contributed by atoms with Gasteiger partial charge in [0.2, 0.25) is 0 Å². The molecule has 1 heterocycles. The number of nitrogens with zero attached hydrogens (tertiary/aromatic N) is 3. The fraction of sp³-hybridized carbons (Fsp3) is 0.294. The van der Waals surface area contributed by atoms with E-state index in [-0.39, 0.29) is 0 Å². The van der Waals surface area contributed by atoms with E-state index in [1.54, 1.807) is 0 Å². The van der Waals surface area contributed by atoms with Gasteiger partial charge in [-0.25, -0.2) is 0 Å². The average Bonchev–Trinajstić information content (AvgIpc) is 2.41. The second kappa shape index (κ2) is 5.75. The van der Waals surface area contributed by atoms with E-state index in [9.17, 15) is 5.26 Å². The van der Waals surface area contributed by atoms with Crippen molar-refractivity contribution in [2.45, 2.75) is 27.7 Å². The summed E-state index contributed by atoms with van der Waals surface area (Å²) in [6.07, 6.45) is 0. The topological polar surface area (TPSA) is 39.9 Å². The second-order valence-corrected chi connectivity index (χ2v) is 4.93. The van der Waals surface area contributed by atoms with Crippen molar-refractivity contribution in [2.75, 3.05) is 11.4 Å². The van der Waals surface area contributed by atoms with Crippen LogP contribution in [0.25, 0.3) is 0 Å². The summed E-state index contributed by atoms with van der Waals surface area (Å²) in [5, 5.41) is 9.41. The number of rotatable bonds is 3. The van der Waals surface area contributed by atoms with Crippen molar-refractivity contribution in [1.82, 2.24) is 4.98 Å². The van der Waals surface area contributed by atoms with Crippen LogP contribution >= 0.6 is 0 Å². The highest BCUT2D eigenvalue weighted by Crippen LogP contribution is 2.30. The molecular formula is C17H19N3. The predicted octanol–water partition coefficient (Wildman–Crippen LogP) is 4.04. The maximum atomic E-state index is 9.41. The SMILES string of the molecule is CCN(c1ccc(C)cc1)c1cc(C)nc(C)c1C#N. The number of anilines is 2. The lowest BCUT2D eigenvalue weighted by atomic mass is 10.1. The van der Waals surface area contributed by atoms with Gasteiger partial charge >= 0.3 is 0 Å². The zero-order chi connectivity index (χ0) is 14.7. The summed E-state index contributed by atoms with van der Waals surface area (Å²) in [6, 6.07) is 12.6. The van der Waals surface area contributed by atoms with Gasteiger partial charge in [0.25, 0.3) is 0 Å². The molecule has 1 aromatic heterocycles. The van der Waals surface area contributed by atoms with Crippen molar-refractivity contribution >= 4 is 11.4 Å². The van der Waals surface area contributed by atoms with Crippen LogP contribution in [0.4, 0.5) is 11.4 Å². The van der Waals surface area contributed by atoms with Gasteiger partial charge in [0.1, 0.15) is 6.07 Å². The molecule has 0 amide bonds. The molecule has 2 aromatic rings. The number of aryl methyl sites for hydroxylation is 3. The molecule has 0 unspecified atom stereocenters. The summed E-state index contributed by atoms with van der Waals surface area (Å²) < 4.78 is 0. The zero-order valence-corrected chi connectivity index (χ0v) is 12.4. The molecule has 0 N–H and O–H groups in total. The first-order valence-electron chi connectivity index (χ1n) is 6.79. The molecular weight excluding hydrogens is 246 g/mol. The van der Waals surface area contributed by atoms with E-state index < -0.39 is 0 Å². The predicted molar refractivity (Wildman–Crippen MR) is 82.3 cm³/mol. The highest BCUT2D eigenvalue weighted by molar-refractivity contribution is 5.70. The van der Waals surface area contributed by atoms with Crippen molar-refractivity contribution in [1.29, 1.82) is 5.26 Å². The van der Waals surface area contributed by atoms with Crippen LogP contribution in [0.15, 0.2) is 30.3 Å². The number of benzene rings is 1. The minimum Gasteiger partial charge on any atom is -0.341 e. The maximum absolute atomic E-state index is 9.41. The Labute approximate surface area is 120 Å². The van der Waals surface area contributed by atoms with Crippen molar-refractivity contribution in [2.24, 2.45) is 0 Å². The van der Waals surface area contributed by atoms with E-state index in [1.165, 1.54) is 5.56 Å². The molecule has 0 radical (unpaired) electrons. The third kappa shape index (κ3) is 2.65. The molecule has 0 aliphatic heterocycles. The number of hydrogen-bond donors (Lipinski definition) is 0. The quantitative estimate of drug-likeness (QED) is 0.841. The Bertz CT molecular complexity index is 651. The fourth-order valence-electron chi connectivity index (χ4n) is 2.38. The van der Waals surface area contributed by atoms with Crippen molar-refractivity contribution in [3.8, 4) is 6.07 Å². The smallest absolute Gasteiger partial charge is 0.103 e. The number of aromatic nitrogens is 1. The fourth-order valence-corrected chi connectivity index (χ4v) is 2.38.